The second-order valence-electron chi connectivity index (χ2n) is 6.78. The van der Waals surface area contributed by atoms with Gasteiger partial charge in [0.15, 0.2) is 12.3 Å². The van der Waals surface area contributed by atoms with Gasteiger partial charge in [0.25, 0.3) is 11.5 Å². The summed E-state index contributed by atoms with van der Waals surface area (Å²) in [7, 11) is 0. The molecule has 0 saturated carbocycles. The lowest BCUT2D eigenvalue weighted by atomic mass is 10.2. The Morgan fingerprint density at radius 3 is 2.35 bits per heavy atom. The van der Waals surface area contributed by atoms with Gasteiger partial charge in [-0.2, -0.15) is 0 Å². The topological polar surface area (TPSA) is 127 Å². The Labute approximate surface area is 176 Å². The van der Waals surface area contributed by atoms with E-state index in [-0.39, 0.29) is 24.6 Å². The standard InChI is InChI=1S/C20H24F2N4O5/c1-3-5-7-25(16-17(23)26(6-4-2)20(30)24-18(16)28)15(27)11-31-19(29)12-8-13(21)10-14(22)9-12/h8-10H,3-7,11,23H2,1-2H3,(H,24,28,30). The summed E-state index contributed by atoms with van der Waals surface area (Å²) in [5, 5.41) is 0. The molecule has 0 aliphatic rings. The van der Waals surface area contributed by atoms with Gasteiger partial charge in [0, 0.05) is 19.2 Å². The first-order chi connectivity index (χ1) is 14.7. The first-order valence-electron chi connectivity index (χ1n) is 9.75. The number of nitrogens with two attached hydrogens (primary N) is 1. The van der Waals surface area contributed by atoms with Crippen LogP contribution in [0.2, 0.25) is 0 Å². The van der Waals surface area contributed by atoms with Crippen molar-refractivity contribution < 1.29 is 23.1 Å². The van der Waals surface area contributed by atoms with Crippen molar-refractivity contribution in [1.82, 2.24) is 9.55 Å². The molecule has 2 rings (SSSR count). The number of nitrogen functional groups attached to an aromatic ring is 1. The molecule has 168 valence electrons. The summed E-state index contributed by atoms with van der Waals surface area (Å²) < 4.78 is 32.6. The number of ether oxygens (including phenoxy) is 1. The van der Waals surface area contributed by atoms with E-state index >= 15 is 0 Å². The van der Waals surface area contributed by atoms with Gasteiger partial charge in [0.2, 0.25) is 0 Å². The highest BCUT2D eigenvalue weighted by atomic mass is 19.1. The highest BCUT2D eigenvalue weighted by Crippen LogP contribution is 2.18. The van der Waals surface area contributed by atoms with Crippen LogP contribution < -0.4 is 21.9 Å². The average molecular weight is 438 g/mol. The highest BCUT2D eigenvalue weighted by Gasteiger charge is 2.25. The quantitative estimate of drug-likeness (QED) is 0.575. The fourth-order valence-electron chi connectivity index (χ4n) is 2.92. The number of hydrogen-bond donors (Lipinski definition) is 2. The number of carbonyl (C=O) groups is 2. The minimum absolute atomic E-state index is 0.0824. The second kappa shape index (κ2) is 10.5. The van der Waals surface area contributed by atoms with Gasteiger partial charge in [-0.1, -0.05) is 20.3 Å². The molecule has 0 saturated heterocycles. The van der Waals surface area contributed by atoms with E-state index < -0.39 is 46.9 Å². The summed E-state index contributed by atoms with van der Waals surface area (Å²) in [6.07, 6.45) is 1.74. The van der Waals surface area contributed by atoms with E-state index in [0.717, 1.165) is 21.6 Å². The van der Waals surface area contributed by atoms with Crippen molar-refractivity contribution in [2.75, 3.05) is 23.8 Å². The van der Waals surface area contributed by atoms with Crippen molar-refractivity contribution >= 4 is 23.4 Å². The third kappa shape index (κ3) is 5.77. The van der Waals surface area contributed by atoms with E-state index in [1.54, 1.807) is 0 Å². The Kier molecular flexibility index (Phi) is 8.06. The number of esters is 1. The number of halogens is 2. The minimum Gasteiger partial charge on any atom is -0.452 e. The predicted octanol–water partition coefficient (Wildman–Crippen LogP) is 1.80. The Hall–Kier alpha value is -3.50. The number of amides is 1. The molecule has 0 bridgehead atoms. The van der Waals surface area contributed by atoms with Crippen LogP contribution in [0, 0.1) is 11.6 Å². The average Bonchev–Trinajstić information content (AvgIpc) is 2.70. The van der Waals surface area contributed by atoms with Crippen LogP contribution in [-0.2, 0) is 16.1 Å². The zero-order valence-electron chi connectivity index (χ0n) is 17.2. The summed E-state index contributed by atoms with van der Waals surface area (Å²) in [5.41, 5.74) is 3.85. The molecule has 2 aromatic rings. The molecule has 3 N–H and O–H groups in total. The van der Waals surface area contributed by atoms with Gasteiger partial charge in [-0.25, -0.2) is 18.4 Å². The minimum atomic E-state index is -1.11. The summed E-state index contributed by atoms with van der Waals surface area (Å²) >= 11 is 0. The number of carbonyl (C=O) groups excluding carboxylic acids is 2. The molecule has 0 unspecified atom stereocenters. The van der Waals surface area contributed by atoms with E-state index in [0.29, 0.717) is 25.3 Å². The number of unbranched alkanes of at least 4 members (excludes halogenated alkanes) is 1. The first kappa shape index (κ1) is 23.8. The Bertz CT molecular complexity index is 1060. The maximum atomic E-state index is 13.3. The molecule has 1 aromatic carbocycles. The largest absolute Gasteiger partial charge is 0.452 e. The molecule has 0 aliphatic carbocycles. The van der Waals surface area contributed by atoms with E-state index in [4.69, 9.17) is 10.5 Å². The van der Waals surface area contributed by atoms with Crippen molar-refractivity contribution in [3.63, 3.8) is 0 Å². The third-order valence-corrected chi connectivity index (χ3v) is 4.39. The van der Waals surface area contributed by atoms with Gasteiger partial charge in [-0.05, 0) is 25.0 Å². The van der Waals surface area contributed by atoms with Crippen LogP contribution in [0.4, 0.5) is 20.3 Å². The molecule has 1 amide bonds. The van der Waals surface area contributed by atoms with Crippen LogP contribution >= 0.6 is 0 Å². The number of nitrogens with one attached hydrogen (secondary N) is 1. The van der Waals surface area contributed by atoms with Crippen molar-refractivity contribution in [3.8, 4) is 0 Å². The molecular formula is C20H24F2N4O5. The number of H-pyrrole nitrogens is 1. The zero-order chi connectivity index (χ0) is 23.1. The number of anilines is 2. The van der Waals surface area contributed by atoms with Crippen LogP contribution in [-0.4, -0.2) is 34.6 Å². The van der Waals surface area contributed by atoms with Gasteiger partial charge in [0.05, 0.1) is 5.56 Å². The summed E-state index contributed by atoms with van der Waals surface area (Å²) in [5.74, 6) is -4.02. The van der Waals surface area contributed by atoms with Gasteiger partial charge in [0.1, 0.15) is 17.5 Å². The SMILES string of the molecule is CCCCN(C(=O)COC(=O)c1cc(F)cc(F)c1)c1c(N)n(CCC)c(=O)[nH]c1=O. The Morgan fingerprint density at radius 2 is 1.77 bits per heavy atom. The van der Waals surface area contributed by atoms with E-state index in [1.807, 2.05) is 13.8 Å². The van der Waals surface area contributed by atoms with Crippen LogP contribution in [0.5, 0.6) is 0 Å². The molecule has 0 atom stereocenters. The molecule has 0 radical (unpaired) electrons. The number of aromatic nitrogens is 2. The van der Waals surface area contributed by atoms with Gasteiger partial charge in [-0.3, -0.25) is 19.1 Å². The van der Waals surface area contributed by atoms with Crippen LogP contribution in [0.15, 0.2) is 27.8 Å². The first-order valence-corrected chi connectivity index (χ1v) is 9.75. The van der Waals surface area contributed by atoms with Crippen molar-refractivity contribution in [3.05, 3.63) is 56.2 Å². The van der Waals surface area contributed by atoms with Crippen molar-refractivity contribution in [1.29, 1.82) is 0 Å². The number of rotatable bonds is 9. The lowest BCUT2D eigenvalue weighted by molar-refractivity contribution is -0.121. The van der Waals surface area contributed by atoms with E-state index in [9.17, 15) is 28.0 Å². The van der Waals surface area contributed by atoms with Gasteiger partial charge < -0.3 is 15.4 Å². The maximum Gasteiger partial charge on any atom is 0.338 e. The normalized spacial score (nSPS) is 10.7. The molecule has 0 spiro atoms. The lowest BCUT2D eigenvalue weighted by Gasteiger charge is -2.24. The summed E-state index contributed by atoms with van der Waals surface area (Å²) in [6, 6.07) is 2.14. The molecule has 31 heavy (non-hydrogen) atoms. The molecule has 1 heterocycles. The fraction of sp³-hybridized carbons (Fsp3) is 0.400. The lowest BCUT2D eigenvalue weighted by Crippen LogP contribution is -2.43. The highest BCUT2D eigenvalue weighted by molar-refractivity contribution is 5.98. The number of nitrogens with zero attached hydrogens (tertiary/aromatic N) is 2. The second-order valence-corrected chi connectivity index (χ2v) is 6.78. The van der Waals surface area contributed by atoms with E-state index in [1.165, 1.54) is 0 Å². The predicted molar refractivity (Wildman–Crippen MR) is 110 cm³/mol. The molecule has 1 aromatic heterocycles. The molecule has 0 fully saturated rings. The van der Waals surface area contributed by atoms with Crippen LogP contribution in [0.3, 0.4) is 0 Å². The molecule has 9 nitrogen and oxygen atoms in total. The zero-order valence-corrected chi connectivity index (χ0v) is 17.2. The van der Waals surface area contributed by atoms with Gasteiger partial charge >= 0.3 is 11.7 Å². The van der Waals surface area contributed by atoms with Crippen LogP contribution in [0.25, 0.3) is 0 Å². The van der Waals surface area contributed by atoms with Crippen molar-refractivity contribution in [2.24, 2.45) is 0 Å². The molecular weight excluding hydrogens is 414 g/mol. The van der Waals surface area contributed by atoms with Crippen LogP contribution in [0.1, 0.15) is 43.5 Å². The number of benzene rings is 1. The fourth-order valence-corrected chi connectivity index (χ4v) is 2.92. The Balaban J connectivity index is 2.31. The third-order valence-electron chi connectivity index (χ3n) is 4.39. The summed E-state index contributed by atoms with van der Waals surface area (Å²) in [4.78, 5) is 52.5. The van der Waals surface area contributed by atoms with Gasteiger partial charge in [-0.15, -0.1) is 0 Å². The summed E-state index contributed by atoms with van der Waals surface area (Å²) in [6.45, 7) is 3.19. The smallest absolute Gasteiger partial charge is 0.338 e. The van der Waals surface area contributed by atoms with E-state index in [2.05, 4.69) is 4.98 Å². The maximum absolute atomic E-state index is 13.3. The van der Waals surface area contributed by atoms with Crippen molar-refractivity contribution in [2.45, 2.75) is 39.7 Å². The monoisotopic (exact) mass is 438 g/mol. The molecule has 0 aliphatic heterocycles. The number of hydrogen-bond acceptors (Lipinski definition) is 6. The number of aromatic amines is 1. The Morgan fingerprint density at radius 1 is 1.13 bits per heavy atom. The molecule has 11 heteroatoms.